The molecule has 0 aliphatic heterocycles. The summed E-state index contributed by atoms with van der Waals surface area (Å²) in [5.41, 5.74) is 0. The SMILES string of the molecule is C=CCCCC(=O)OCC(CC(C)C)NC(=O)CCC=C. The van der Waals surface area contributed by atoms with Crippen LogP contribution in [0.15, 0.2) is 25.3 Å². The van der Waals surface area contributed by atoms with Gasteiger partial charge in [-0.2, -0.15) is 0 Å². The van der Waals surface area contributed by atoms with Gasteiger partial charge in [-0.15, -0.1) is 13.2 Å². The summed E-state index contributed by atoms with van der Waals surface area (Å²) in [6.45, 7) is 11.6. The molecule has 0 aromatic heterocycles. The molecule has 0 aliphatic rings. The highest BCUT2D eigenvalue weighted by Crippen LogP contribution is 2.07. The van der Waals surface area contributed by atoms with Crippen molar-refractivity contribution in [3.8, 4) is 0 Å². The van der Waals surface area contributed by atoms with Gasteiger partial charge in [0.05, 0.1) is 6.04 Å². The van der Waals surface area contributed by atoms with Crippen molar-refractivity contribution >= 4 is 11.9 Å². The molecule has 21 heavy (non-hydrogen) atoms. The standard InChI is InChI=1S/C17H29NO3/c1-5-7-9-11-17(20)21-13-15(12-14(3)4)18-16(19)10-8-6-2/h5-6,14-15H,1-2,7-13H2,3-4H3,(H,18,19). The number of ether oxygens (including phenoxy) is 1. The van der Waals surface area contributed by atoms with Crippen LogP contribution in [0.2, 0.25) is 0 Å². The summed E-state index contributed by atoms with van der Waals surface area (Å²) in [6, 6.07) is -0.120. The predicted molar refractivity (Wildman–Crippen MR) is 85.8 cm³/mol. The van der Waals surface area contributed by atoms with Gasteiger partial charge in [-0.05, 0) is 31.6 Å². The van der Waals surface area contributed by atoms with Gasteiger partial charge in [0.1, 0.15) is 6.61 Å². The second-order valence-electron chi connectivity index (χ2n) is 5.59. The van der Waals surface area contributed by atoms with Gasteiger partial charge in [0.15, 0.2) is 0 Å². The highest BCUT2D eigenvalue weighted by atomic mass is 16.5. The lowest BCUT2D eigenvalue weighted by atomic mass is 10.0. The fourth-order valence-electron chi connectivity index (χ4n) is 1.93. The number of nitrogens with one attached hydrogen (secondary N) is 1. The van der Waals surface area contributed by atoms with Crippen molar-refractivity contribution in [1.29, 1.82) is 0 Å². The van der Waals surface area contributed by atoms with Crippen LogP contribution >= 0.6 is 0 Å². The van der Waals surface area contributed by atoms with E-state index in [9.17, 15) is 9.59 Å². The van der Waals surface area contributed by atoms with Gasteiger partial charge in [-0.25, -0.2) is 0 Å². The third-order valence-corrected chi connectivity index (χ3v) is 2.93. The maximum Gasteiger partial charge on any atom is 0.305 e. The van der Waals surface area contributed by atoms with Crippen molar-refractivity contribution in [2.24, 2.45) is 5.92 Å². The largest absolute Gasteiger partial charge is 0.463 e. The van der Waals surface area contributed by atoms with Crippen LogP contribution in [-0.4, -0.2) is 24.5 Å². The van der Waals surface area contributed by atoms with E-state index in [1.54, 1.807) is 12.2 Å². The first-order valence-electron chi connectivity index (χ1n) is 7.66. The van der Waals surface area contributed by atoms with E-state index in [2.05, 4.69) is 32.3 Å². The van der Waals surface area contributed by atoms with Gasteiger partial charge in [-0.1, -0.05) is 26.0 Å². The molecule has 4 heteroatoms. The fourth-order valence-corrected chi connectivity index (χ4v) is 1.93. The molecule has 0 aromatic carbocycles. The van der Waals surface area contributed by atoms with Crippen LogP contribution in [0, 0.1) is 5.92 Å². The fraction of sp³-hybridized carbons (Fsp3) is 0.647. The Morgan fingerprint density at radius 3 is 2.38 bits per heavy atom. The van der Waals surface area contributed by atoms with E-state index in [1.165, 1.54) is 0 Å². The van der Waals surface area contributed by atoms with E-state index >= 15 is 0 Å². The quantitative estimate of drug-likeness (QED) is 0.341. The number of rotatable bonds is 12. The molecule has 120 valence electrons. The molecule has 0 fully saturated rings. The Morgan fingerprint density at radius 2 is 1.81 bits per heavy atom. The molecule has 1 atom stereocenters. The van der Waals surface area contributed by atoms with Crippen molar-refractivity contribution < 1.29 is 14.3 Å². The second kappa shape index (κ2) is 12.2. The average molecular weight is 295 g/mol. The van der Waals surface area contributed by atoms with Gasteiger partial charge >= 0.3 is 5.97 Å². The molecule has 0 aliphatic carbocycles. The summed E-state index contributed by atoms with van der Waals surface area (Å²) in [4.78, 5) is 23.3. The zero-order valence-corrected chi connectivity index (χ0v) is 13.4. The molecular weight excluding hydrogens is 266 g/mol. The number of allylic oxidation sites excluding steroid dienone is 2. The molecule has 0 heterocycles. The summed E-state index contributed by atoms with van der Waals surface area (Å²) >= 11 is 0. The summed E-state index contributed by atoms with van der Waals surface area (Å²) in [6.07, 6.45) is 7.33. The molecule has 4 nitrogen and oxygen atoms in total. The number of esters is 1. The highest BCUT2D eigenvalue weighted by Gasteiger charge is 2.16. The van der Waals surface area contributed by atoms with E-state index < -0.39 is 0 Å². The minimum atomic E-state index is -0.217. The minimum Gasteiger partial charge on any atom is -0.463 e. The van der Waals surface area contributed by atoms with Gasteiger partial charge in [0.2, 0.25) is 5.91 Å². The van der Waals surface area contributed by atoms with Crippen LogP contribution in [0.3, 0.4) is 0 Å². The molecule has 0 radical (unpaired) electrons. The highest BCUT2D eigenvalue weighted by molar-refractivity contribution is 5.76. The van der Waals surface area contributed by atoms with Gasteiger partial charge in [-0.3, -0.25) is 9.59 Å². The Kier molecular flexibility index (Phi) is 11.3. The lowest BCUT2D eigenvalue weighted by Crippen LogP contribution is -2.39. The minimum absolute atomic E-state index is 0.0248. The van der Waals surface area contributed by atoms with E-state index in [4.69, 9.17) is 4.74 Å². The predicted octanol–water partition coefficient (Wildman–Crippen LogP) is 3.38. The van der Waals surface area contributed by atoms with Gasteiger partial charge < -0.3 is 10.1 Å². The number of hydrogen-bond donors (Lipinski definition) is 1. The normalized spacial score (nSPS) is 11.8. The monoisotopic (exact) mass is 295 g/mol. The Balaban J connectivity index is 4.16. The van der Waals surface area contributed by atoms with Crippen LogP contribution in [0.1, 0.15) is 52.4 Å². The van der Waals surface area contributed by atoms with Crippen LogP contribution in [0.5, 0.6) is 0 Å². The lowest BCUT2D eigenvalue weighted by molar-refractivity contribution is -0.145. The zero-order valence-electron chi connectivity index (χ0n) is 13.4. The van der Waals surface area contributed by atoms with Crippen molar-refractivity contribution in [1.82, 2.24) is 5.32 Å². The molecule has 0 bridgehead atoms. The summed E-state index contributed by atoms with van der Waals surface area (Å²) in [7, 11) is 0. The third-order valence-electron chi connectivity index (χ3n) is 2.93. The smallest absolute Gasteiger partial charge is 0.305 e. The van der Waals surface area contributed by atoms with Crippen LogP contribution in [0.4, 0.5) is 0 Å². The number of amides is 1. The molecule has 0 aromatic rings. The Labute approximate surface area is 128 Å². The molecule has 1 N–H and O–H groups in total. The zero-order chi connectivity index (χ0) is 16.1. The van der Waals surface area contributed by atoms with Crippen molar-refractivity contribution in [2.75, 3.05) is 6.61 Å². The summed E-state index contributed by atoms with van der Waals surface area (Å²) < 4.78 is 5.25. The number of carbonyl (C=O) groups excluding carboxylic acids is 2. The Morgan fingerprint density at radius 1 is 1.14 bits per heavy atom. The first kappa shape index (κ1) is 19.4. The molecule has 1 amide bonds. The molecular formula is C17H29NO3. The first-order valence-corrected chi connectivity index (χ1v) is 7.66. The number of unbranched alkanes of at least 4 members (excludes halogenated alkanes) is 1. The average Bonchev–Trinajstić information content (AvgIpc) is 2.42. The second-order valence-corrected chi connectivity index (χ2v) is 5.59. The van der Waals surface area contributed by atoms with E-state index in [0.29, 0.717) is 25.2 Å². The Hall–Kier alpha value is -1.58. The van der Waals surface area contributed by atoms with E-state index in [0.717, 1.165) is 19.3 Å². The van der Waals surface area contributed by atoms with Crippen molar-refractivity contribution in [2.45, 2.75) is 58.4 Å². The molecule has 0 saturated heterocycles. The maximum absolute atomic E-state index is 11.7. The first-order chi connectivity index (χ1) is 9.99. The number of carbonyl (C=O) groups is 2. The van der Waals surface area contributed by atoms with Crippen LogP contribution in [-0.2, 0) is 14.3 Å². The molecule has 0 saturated carbocycles. The molecule has 0 spiro atoms. The maximum atomic E-state index is 11.7. The molecule has 1 unspecified atom stereocenters. The lowest BCUT2D eigenvalue weighted by Gasteiger charge is -2.20. The summed E-state index contributed by atoms with van der Waals surface area (Å²) in [5.74, 6) is 0.184. The third kappa shape index (κ3) is 11.9. The van der Waals surface area contributed by atoms with Gasteiger partial charge in [0.25, 0.3) is 0 Å². The summed E-state index contributed by atoms with van der Waals surface area (Å²) in [5, 5.41) is 2.93. The van der Waals surface area contributed by atoms with Crippen LogP contribution in [0.25, 0.3) is 0 Å². The molecule has 0 rings (SSSR count). The van der Waals surface area contributed by atoms with Crippen molar-refractivity contribution in [3.05, 3.63) is 25.3 Å². The van der Waals surface area contributed by atoms with Crippen LogP contribution < -0.4 is 5.32 Å². The van der Waals surface area contributed by atoms with E-state index in [-0.39, 0.29) is 24.5 Å². The Bertz CT molecular complexity index is 337. The van der Waals surface area contributed by atoms with Crippen molar-refractivity contribution in [3.63, 3.8) is 0 Å². The number of hydrogen-bond acceptors (Lipinski definition) is 3. The van der Waals surface area contributed by atoms with E-state index in [1.807, 2.05) is 0 Å². The van der Waals surface area contributed by atoms with Gasteiger partial charge in [0, 0.05) is 12.8 Å². The topological polar surface area (TPSA) is 55.4 Å².